The van der Waals surface area contributed by atoms with E-state index in [1.165, 1.54) is 13.3 Å². The fraction of sp³-hybridized carbons (Fsp3) is 0.200. The minimum atomic E-state index is -0.471. The van der Waals surface area contributed by atoms with Crippen molar-refractivity contribution in [1.29, 1.82) is 0 Å². The summed E-state index contributed by atoms with van der Waals surface area (Å²) in [5, 5.41) is 6.32. The molecule has 0 unspecified atom stereocenters. The molecule has 0 aliphatic rings. The Hall–Kier alpha value is -3.68. The Morgan fingerprint density at radius 2 is 1.64 bits per heavy atom. The second-order valence-electron chi connectivity index (χ2n) is 5.55. The van der Waals surface area contributed by atoms with Crippen LogP contribution in [0.25, 0.3) is 0 Å². The van der Waals surface area contributed by atoms with Gasteiger partial charge in [-0.1, -0.05) is 12.1 Å². The highest BCUT2D eigenvalue weighted by Gasteiger charge is 2.08. The third-order valence-electron chi connectivity index (χ3n) is 3.57. The minimum Gasteiger partial charge on any atom is -0.494 e. The number of methoxy groups -OCH3 is 1. The Morgan fingerprint density at radius 3 is 2.25 bits per heavy atom. The summed E-state index contributed by atoms with van der Waals surface area (Å²) >= 11 is 0. The van der Waals surface area contributed by atoms with Gasteiger partial charge in [0.1, 0.15) is 5.75 Å². The highest BCUT2D eigenvalue weighted by molar-refractivity contribution is 5.96. The molecule has 2 aromatic rings. The molecule has 0 radical (unpaired) electrons. The summed E-state index contributed by atoms with van der Waals surface area (Å²) in [6, 6.07) is 13.1. The van der Waals surface area contributed by atoms with E-state index in [4.69, 9.17) is 4.74 Å². The van der Waals surface area contributed by atoms with Crippen molar-refractivity contribution in [3.63, 3.8) is 0 Å². The van der Waals surface area contributed by atoms with E-state index in [9.17, 15) is 14.4 Å². The maximum atomic E-state index is 12.0. The van der Waals surface area contributed by atoms with Gasteiger partial charge in [-0.25, -0.2) is 10.2 Å². The van der Waals surface area contributed by atoms with Gasteiger partial charge in [0.25, 0.3) is 11.8 Å². The zero-order valence-electron chi connectivity index (χ0n) is 15.6. The molecular formula is C20H21N3O5. The molecule has 0 aliphatic carbocycles. The first kappa shape index (κ1) is 20.6. The standard InChI is InChI=1S/C20H21N3O5/c1-3-28-17-10-8-15(9-11-17)19(25)21-13-18(24)23-22-12-14-4-6-16(7-5-14)20(26)27-2/h4-12H,3,13H2,1-2H3,(H,21,25)(H,23,24)/b22-12-. The highest BCUT2D eigenvalue weighted by atomic mass is 16.5. The fourth-order valence-corrected chi connectivity index (χ4v) is 2.17. The smallest absolute Gasteiger partial charge is 0.337 e. The molecule has 28 heavy (non-hydrogen) atoms. The van der Waals surface area contributed by atoms with Gasteiger partial charge in [0.05, 0.1) is 32.0 Å². The number of hydrazone groups is 1. The predicted octanol–water partition coefficient (Wildman–Crippen LogP) is 1.75. The van der Waals surface area contributed by atoms with Crippen LogP contribution in [0.4, 0.5) is 0 Å². The van der Waals surface area contributed by atoms with Crippen LogP contribution in [-0.2, 0) is 9.53 Å². The number of nitrogens with zero attached hydrogens (tertiary/aromatic N) is 1. The quantitative estimate of drug-likeness (QED) is 0.410. The molecule has 2 rings (SSSR count). The van der Waals surface area contributed by atoms with Gasteiger partial charge in [-0.3, -0.25) is 9.59 Å². The van der Waals surface area contributed by atoms with Crippen molar-refractivity contribution in [3.8, 4) is 5.75 Å². The summed E-state index contributed by atoms with van der Waals surface area (Å²) in [7, 11) is 1.31. The van der Waals surface area contributed by atoms with Crippen LogP contribution in [0.15, 0.2) is 53.6 Å². The molecule has 2 N–H and O–H groups in total. The van der Waals surface area contributed by atoms with E-state index in [-0.39, 0.29) is 12.5 Å². The molecule has 0 heterocycles. The molecule has 0 aliphatic heterocycles. The third kappa shape index (κ3) is 6.24. The van der Waals surface area contributed by atoms with Crippen LogP contribution < -0.4 is 15.5 Å². The fourth-order valence-electron chi connectivity index (χ4n) is 2.17. The van der Waals surface area contributed by atoms with Crippen LogP contribution in [0.3, 0.4) is 0 Å². The summed E-state index contributed by atoms with van der Waals surface area (Å²) in [5.41, 5.74) is 3.84. The number of nitrogens with one attached hydrogen (secondary N) is 2. The number of amides is 2. The lowest BCUT2D eigenvalue weighted by molar-refractivity contribution is -0.120. The van der Waals surface area contributed by atoms with Gasteiger partial charge >= 0.3 is 5.97 Å². The summed E-state index contributed by atoms with van der Waals surface area (Å²) in [6.45, 7) is 2.20. The van der Waals surface area contributed by atoms with Gasteiger partial charge in [0, 0.05) is 5.56 Å². The Bertz CT molecular complexity index is 845. The molecular weight excluding hydrogens is 362 g/mol. The molecule has 0 bridgehead atoms. The van der Waals surface area contributed by atoms with Gasteiger partial charge in [0.15, 0.2) is 0 Å². The van der Waals surface area contributed by atoms with Gasteiger partial charge in [-0.2, -0.15) is 5.10 Å². The van der Waals surface area contributed by atoms with Crippen LogP contribution in [0.1, 0.15) is 33.2 Å². The van der Waals surface area contributed by atoms with Gasteiger partial charge in [-0.15, -0.1) is 0 Å². The first-order valence-electron chi connectivity index (χ1n) is 8.54. The lowest BCUT2D eigenvalue weighted by atomic mass is 10.1. The molecule has 2 aromatic carbocycles. The molecule has 8 nitrogen and oxygen atoms in total. The van der Waals surface area contributed by atoms with Gasteiger partial charge in [-0.05, 0) is 48.9 Å². The Kier molecular flexibility index (Phi) is 7.71. The summed E-state index contributed by atoms with van der Waals surface area (Å²) in [5.74, 6) is -0.604. The molecule has 2 amide bonds. The lowest BCUT2D eigenvalue weighted by Crippen LogP contribution is -2.34. The van der Waals surface area contributed by atoms with E-state index in [2.05, 4.69) is 20.6 Å². The molecule has 0 saturated carbocycles. The Labute approximate surface area is 162 Å². The average Bonchev–Trinajstić information content (AvgIpc) is 2.72. The van der Waals surface area contributed by atoms with Gasteiger partial charge < -0.3 is 14.8 Å². The van der Waals surface area contributed by atoms with Crippen LogP contribution in [0.5, 0.6) is 5.75 Å². The Morgan fingerprint density at radius 1 is 1.00 bits per heavy atom. The van der Waals surface area contributed by atoms with Crippen LogP contribution >= 0.6 is 0 Å². The van der Waals surface area contributed by atoms with Gasteiger partial charge in [0.2, 0.25) is 0 Å². The number of ether oxygens (including phenoxy) is 2. The van der Waals surface area contributed by atoms with Crippen molar-refractivity contribution in [2.75, 3.05) is 20.3 Å². The molecule has 0 spiro atoms. The summed E-state index contributed by atoms with van der Waals surface area (Å²) in [6.07, 6.45) is 1.42. The highest BCUT2D eigenvalue weighted by Crippen LogP contribution is 2.11. The van der Waals surface area contributed by atoms with Crippen LogP contribution in [-0.4, -0.2) is 44.3 Å². The number of hydrogen-bond acceptors (Lipinski definition) is 6. The molecule has 0 atom stereocenters. The normalized spacial score (nSPS) is 10.4. The van der Waals surface area contributed by atoms with Crippen LogP contribution in [0.2, 0.25) is 0 Å². The van der Waals surface area contributed by atoms with Crippen molar-refractivity contribution in [2.45, 2.75) is 6.92 Å². The second-order valence-corrected chi connectivity index (χ2v) is 5.55. The zero-order valence-corrected chi connectivity index (χ0v) is 15.6. The summed E-state index contributed by atoms with van der Waals surface area (Å²) < 4.78 is 9.92. The van der Waals surface area contributed by atoms with E-state index >= 15 is 0 Å². The lowest BCUT2D eigenvalue weighted by Gasteiger charge is -2.06. The van der Waals surface area contributed by atoms with E-state index in [1.54, 1.807) is 48.5 Å². The Balaban J connectivity index is 1.78. The van der Waals surface area contributed by atoms with Crippen molar-refractivity contribution >= 4 is 24.0 Å². The maximum absolute atomic E-state index is 12.0. The third-order valence-corrected chi connectivity index (χ3v) is 3.57. The topological polar surface area (TPSA) is 106 Å². The average molecular weight is 383 g/mol. The van der Waals surface area contributed by atoms with Crippen molar-refractivity contribution in [3.05, 3.63) is 65.2 Å². The number of esters is 1. The van der Waals surface area contributed by atoms with Crippen molar-refractivity contribution in [1.82, 2.24) is 10.7 Å². The molecule has 0 fully saturated rings. The van der Waals surface area contributed by atoms with E-state index in [0.717, 1.165) is 0 Å². The number of benzene rings is 2. The zero-order chi connectivity index (χ0) is 20.4. The number of hydrogen-bond donors (Lipinski definition) is 2. The SMILES string of the molecule is CCOc1ccc(C(=O)NCC(=O)N/N=C\c2ccc(C(=O)OC)cc2)cc1. The molecule has 146 valence electrons. The second kappa shape index (κ2) is 10.5. The largest absolute Gasteiger partial charge is 0.494 e. The molecule has 0 aromatic heterocycles. The first-order valence-corrected chi connectivity index (χ1v) is 8.54. The number of carbonyl (C=O) groups is 3. The minimum absolute atomic E-state index is 0.218. The predicted molar refractivity (Wildman–Crippen MR) is 103 cm³/mol. The monoisotopic (exact) mass is 383 g/mol. The number of carbonyl (C=O) groups excluding carboxylic acids is 3. The van der Waals surface area contributed by atoms with E-state index < -0.39 is 11.9 Å². The summed E-state index contributed by atoms with van der Waals surface area (Å²) in [4.78, 5) is 35.1. The van der Waals surface area contributed by atoms with E-state index in [0.29, 0.717) is 29.0 Å². The maximum Gasteiger partial charge on any atom is 0.337 e. The van der Waals surface area contributed by atoms with Crippen molar-refractivity contribution < 1.29 is 23.9 Å². The number of rotatable bonds is 8. The molecule has 0 saturated heterocycles. The first-order chi connectivity index (χ1) is 13.5. The van der Waals surface area contributed by atoms with Crippen molar-refractivity contribution in [2.24, 2.45) is 5.10 Å². The van der Waals surface area contributed by atoms with E-state index in [1.807, 2.05) is 6.92 Å². The molecule has 8 heteroatoms. The van der Waals surface area contributed by atoms with Crippen LogP contribution in [0, 0.1) is 0 Å².